The summed E-state index contributed by atoms with van der Waals surface area (Å²) in [6.07, 6.45) is 4.78. The van der Waals surface area contributed by atoms with Gasteiger partial charge in [-0.15, -0.1) is 0 Å². The van der Waals surface area contributed by atoms with Crippen LogP contribution in [-0.4, -0.2) is 16.1 Å². The van der Waals surface area contributed by atoms with E-state index in [1.165, 1.54) is 6.08 Å². The van der Waals surface area contributed by atoms with Crippen LogP contribution in [0.15, 0.2) is 42.6 Å². The molecule has 0 saturated heterocycles. The minimum absolute atomic E-state index is 0.176. The van der Waals surface area contributed by atoms with Crippen molar-refractivity contribution >= 4 is 23.6 Å². The number of amides is 1. The molecule has 1 heterocycles. The van der Waals surface area contributed by atoms with Crippen molar-refractivity contribution in [3.63, 3.8) is 0 Å². The number of hydrogen-bond donors (Lipinski definition) is 2. The molecule has 1 aromatic heterocycles. The fraction of sp³-hybridized carbons (Fsp3) is 0.0769. The zero-order valence-electron chi connectivity index (χ0n) is 9.56. The van der Waals surface area contributed by atoms with Crippen molar-refractivity contribution in [2.24, 2.45) is 0 Å². The van der Waals surface area contributed by atoms with Gasteiger partial charge in [0.2, 0.25) is 5.91 Å². The summed E-state index contributed by atoms with van der Waals surface area (Å²) in [5, 5.41) is 9.91. The van der Waals surface area contributed by atoms with Crippen molar-refractivity contribution in [3.8, 4) is 0 Å². The Bertz CT molecular complexity index is 549. The number of H-pyrrole nitrogens is 1. The molecule has 0 fully saturated rings. The van der Waals surface area contributed by atoms with E-state index in [1.807, 2.05) is 18.2 Å². The average molecular weight is 262 g/mol. The molecule has 92 valence electrons. The summed E-state index contributed by atoms with van der Waals surface area (Å²) >= 11 is 5.97. The Kier molecular flexibility index (Phi) is 4.15. The molecule has 2 rings (SSSR count). The molecule has 0 spiro atoms. The molecule has 0 unspecified atom stereocenters. The largest absolute Gasteiger partial charge is 0.347 e. The normalized spacial score (nSPS) is 10.7. The van der Waals surface area contributed by atoms with Gasteiger partial charge >= 0.3 is 0 Å². The van der Waals surface area contributed by atoms with Crippen LogP contribution in [0, 0.1) is 0 Å². The van der Waals surface area contributed by atoms with Gasteiger partial charge in [0, 0.05) is 17.3 Å². The highest BCUT2D eigenvalue weighted by atomic mass is 35.5. The molecule has 0 saturated carbocycles. The summed E-state index contributed by atoms with van der Waals surface area (Å²) in [5.41, 5.74) is 1.67. The van der Waals surface area contributed by atoms with Gasteiger partial charge in [0.25, 0.3) is 0 Å². The first-order chi connectivity index (χ1) is 8.75. The molecule has 4 nitrogen and oxygen atoms in total. The highest BCUT2D eigenvalue weighted by molar-refractivity contribution is 6.32. The second-order valence-electron chi connectivity index (χ2n) is 3.65. The third-order valence-corrected chi connectivity index (χ3v) is 2.68. The number of nitrogens with one attached hydrogen (secondary N) is 2. The van der Waals surface area contributed by atoms with Crippen LogP contribution in [0.2, 0.25) is 5.02 Å². The molecule has 0 radical (unpaired) electrons. The van der Waals surface area contributed by atoms with Gasteiger partial charge in [-0.1, -0.05) is 29.8 Å². The highest BCUT2D eigenvalue weighted by Crippen LogP contribution is 2.15. The van der Waals surface area contributed by atoms with E-state index in [1.54, 1.807) is 24.4 Å². The number of carbonyl (C=O) groups excluding carboxylic acids is 1. The molecule has 5 heteroatoms. The Balaban J connectivity index is 1.89. The smallest absolute Gasteiger partial charge is 0.244 e. The molecule has 0 aliphatic carbocycles. The summed E-state index contributed by atoms with van der Waals surface area (Å²) < 4.78 is 0. The van der Waals surface area contributed by atoms with Gasteiger partial charge in [0.1, 0.15) is 0 Å². The maximum atomic E-state index is 11.5. The lowest BCUT2D eigenvalue weighted by molar-refractivity contribution is -0.116. The van der Waals surface area contributed by atoms with E-state index >= 15 is 0 Å². The van der Waals surface area contributed by atoms with Crippen LogP contribution in [0.25, 0.3) is 6.08 Å². The number of aromatic nitrogens is 2. The second kappa shape index (κ2) is 6.02. The predicted octanol–water partition coefficient (Wildman–Crippen LogP) is 2.39. The van der Waals surface area contributed by atoms with Crippen LogP contribution in [0.5, 0.6) is 0 Å². The molecule has 1 amide bonds. The quantitative estimate of drug-likeness (QED) is 0.831. The van der Waals surface area contributed by atoms with Gasteiger partial charge in [-0.25, -0.2) is 0 Å². The molecule has 2 N–H and O–H groups in total. The Morgan fingerprint density at radius 2 is 2.22 bits per heavy atom. The van der Waals surface area contributed by atoms with E-state index in [-0.39, 0.29) is 5.91 Å². The van der Waals surface area contributed by atoms with Gasteiger partial charge in [0.05, 0.1) is 12.2 Å². The van der Waals surface area contributed by atoms with Crippen molar-refractivity contribution in [2.45, 2.75) is 6.54 Å². The van der Waals surface area contributed by atoms with Crippen LogP contribution in [0.4, 0.5) is 0 Å². The van der Waals surface area contributed by atoms with E-state index in [2.05, 4.69) is 15.5 Å². The lowest BCUT2D eigenvalue weighted by Crippen LogP contribution is -2.20. The molecular formula is C13H12ClN3O. The standard InChI is InChI=1S/C13H12ClN3O/c14-12-4-2-1-3-10(12)5-6-13(18)15-9-11-7-8-16-17-11/h1-8H,9H2,(H,15,18)(H,16,17)/b6-5+. The number of halogens is 1. The first-order valence-corrected chi connectivity index (χ1v) is 5.82. The van der Waals surface area contributed by atoms with Crippen LogP contribution >= 0.6 is 11.6 Å². The Morgan fingerprint density at radius 1 is 1.39 bits per heavy atom. The lowest BCUT2D eigenvalue weighted by Gasteiger charge is -1.99. The lowest BCUT2D eigenvalue weighted by atomic mass is 10.2. The minimum atomic E-state index is -0.176. The number of carbonyl (C=O) groups is 1. The molecule has 0 atom stereocenters. The number of rotatable bonds is 4. The highest BCUT2D eigenvalue weighted by Gasteiger charge is 1.98. The SMILES string of the molecule is O=C(/C=C/c1ccccc1Cl)NCc1ccn[nH]1. The third-order valence-electron chi connectivity index (χ3n) is 2.33. The molecule has 0 bridgehead atoms. The van der Waals surface area contributed by atoms with E-state index in [0.29, 0.717) is 11.6 Å². The van der Waals surface area contributed by atoms with Crippen molar-refractivity contribution in [2.75, 3.05) is 0 Å². The average Bonchev–Trinajstić information content (AvgIpc) is 2.88. The molecule has 2 aromatic rings. The fourth-order valence-corrected chi connectivity index (χ4v) is 1.60. The number of hydrogen-bond acceptors (Lipinski definition) is 2. The summed E-state index contributed by atoms with van der Waals surface area (Å²) in [5.74, 6) is -0.176. The molecular weight excluding hydrogens is 250 g/mol. The Labute approximate surface area is 110 Å². The third kappa shape index (κ3) is 3.46. The van der Waals surface area contributed by atoms with Gasteiger partial charge in [-0.2, -0.15) is 5.10 Å². The zero-order valence-corrected chi connectivity index (χ0v) is 10.3. The van der Waals surface area contributed by atoms with Crippen molar-refractivity contribution in [1.29, 1.82) is 0 Å². The summed E-state index contributed by atoms with van der Waals surface area (Å²) in [4.78, 5) is 11.5. The molecule has 1 aromatic carbocycles. The number of benzene rings is 1. The van der Waals surface area contributed by atoms with Gasteiger partial charge in [0.15, 0.2) is 0 Å². The van der Waals surface area contributed by atoms with E-state index in [9.17, 15) is 4.79 Å². The molecule has 0 aliphatic heterocycles. The fourth-order valence-electron chi connectivity index (χ4n) is 1.40. The molecule has 18 heavy (non-hydrogen) atoms. The van der Waals surface area contributed by atoms with Crippen LogP contribution in [0.3, 0.4) is 0 Å². The van der Waals surface area contributed by atoms with Crippen molar-refractivity contribution in [3.05, 3.63) is 58.9 Å². The monoisotopic (exact) mass is 261 g/mol. The number of nitrogens with zero attached hydrogens (tertiary/aromatic N) is 1. The van der Waals surface area contributed by atoms with E-state index in [0.717, 1.165) is 11.3 Å². The van der Waals surface area contributed by atoms with E-state index < -0.39 is 0 Å². The second-order valence-corrected chi connectivity index (χ2v) is 4.06. The van der Waals surface area contributed by atoms with Crippen LogP contribution < -0.4 is 5.32 Å². The summed E-state index contributed by atoms with van der Waals surface area (Å²) in [6.45, 7) is 0.422. The van der Waals surface area contributed by atoms with E-state index in [4.69, 9.17) is 11.6 Å². The first-order valence-electron chi connectivity index (χ1n) is 5.44. The van der Waals surface area contributed by atoms with Gasteiger partial charge in [-0.3, -0.25) is 9.89 Å². The van der Waals surface area contributed by atoms with Crippen molar-refractivity contribution < 1.29 is 4.79 Å². The maximum absolute atomic E-state index is 11.5. The summed E-state index contributed by atoms with van der Waals surface area (Å²) in [6, 6.07) is 9.15. The van der Waals surface area contributed by atoms with Gasteiger partial charge < -0.3 is 5.32 Å². The Morgan fingerprint density at radius 3 is 2.94 bits per heavy atom. The van der Waals surface area contributed by atoms with Crippen molar-refractivity contribution in [1.82, 2.24) is 15.5 Å². The minimum Gasteiger partial charge on any atom is -0.347 e. The topological polar surface area (TPSA) is 57.8 Å². The number of aromatic amines is 1. The van der Waals surface area contributed by atoms with Crippen LogP contribution in [-0.2, 0) is 11.3 Å². The zero-order chi connectivity index (χ0) is 12.8. The van der Waals surface area contributed by atoms with Gasteiger partial charge in [-0.05, 0) is 23.8 Å². The molecule has 0 aliphatic rings. The predicted molar refractivity (Wildman–Crippen MR) is 70.9 cm³/mol. The summed E-state index contributed by atoms with van der Waals surface area (Å²) in [7, 11) is 0. The Hall–Kier alpha value is -2.07. The maximum Gasteiger partial charge on any atom is 0.244 e. The van der Waals surface area contributed by atoms with Crippen LogP contribution in [0.1, 0.15) is 11.3 Å². The first kappa shape index (κ1) is 12.4.